The average molecular weight is 252 g/mol. The highest BCUT2D eigenvalue weighted by Crippen LogP contribution is 2.36. The van der Waals surface area contributed by atoms with Gasteiger partial charge in [0.15, 0.2) is 5.78 Å². The maximum absolute atomic E-state index is 12.7. The summed E-state index contributed by atoms with van der Waals surface area (Å²) in [4.78, 5) is 13.8. The zero-order valence-electron chi connectivity index (χ0n) is 10.6. The molecule has 0 unspecified atom stereocenters. The van der Waals surface area contributed by atoms with Crippen molar-refractivity contribution in [3.05, 3.63) is 21.9 Å². The summed E-state index contributed by atoms with van der Waals surface area (Å²) in [6, 6.07) is 1.94. The molecule has 0 amide bonds. The van der Waals surface area contributed by atoms with Crippen LogP contribution >= 0.6 is 11.3 Å². The Kier molecular flexibility index (Phi) is 4.00. The van der Waals surface area contributed by atoms with Crippen molar-refractivity contribution in [2.75, 3.05) is 6.61 Å². The van der Waals surface area contributed by atoms with Crippen LogP contribution < -0.4 is 0 Å². The first-order chi connectivity index (χ1) is 8.19. The topological polar surface area (TPSA) is 26.3 Å². The Morgan fingerprint density at radius 2 is 2.12 bits per heavy atom. The van der Waals surface area contributed by atoms with Gasteiger partial charge in [0.05, 0.1) is 0 Å². The van der Waals surface area contributed by atoms with Crippen molar-refractivity contribution in [3.8, 4) is 0 Å². The molecule has 1 heterocycles. The second-order valence-corrected chi connectivity index (χ2v) is 5.83. The largest absolute Gasteiger partial charge is 0.367 e. The van der Waals surface area contributed by atoms with Crippen LogP contribution in [0.25, 0.3) is 0 Å². The van der Waals surface area contributed by atoms with Crippen molar-refractivity contribution in [2.24, 2.45) is 0 Å². The smallest absolute Gasteiger partial charge is 0.195 e. The van der Waals surface area contributed by atoms with Gasteiger partial charge in [-0.2, -0.15) is 0 Å². The van der Waals surface area contributed by atoms with Crippen molar-refractivity contribution in [1.29, 1.82) is 0 Å². The van der Waals surface area contributed by atoms with Gasteiger partial charge >= 0.3 is 0 Å². The predicted molar refractivity (Wildman–Crippen MR) is 70.8 cm³/mol. The molecule has 94 valence electrons. The summed E-state index contributed by atoms with van der Waals surface area (Å²) in [6.45, 7) is 4.61. The summed E-state index contributed by atoms with van der Waals surface area (Å²) in [5.41, 5.74) is 0.337. The van der Waals surface area contributed by atoms with Crippen molar-refractivity contribution < 1.29 is 9.53 Å². The first kappa shape index (κ1) is 12.8. The van der Waals surface area contributed by atoms with Crippen LogP contribution in [-0.4, -0.2) is 18.0 Å². The second-order valence-electron chi connectivity index (χ2n) is 4.71. The first-order valence-electron chi connectivity index (χ1n) is 6.42. The number of thiophene rings is 1. The van der Waals surface area contributed by atoms with Crippen LogP contribution in [0.3, 0.4) is 0 Å². The average Bonchev–Trinajstić information content (AvgIpc) is 2.76. The van der Waals surface area contributed by atoms with Crippen LogP contribution in [0.4, 0.5) is 0 Å². The van der Waals surface area contributed by atoms with Crippen LogP contribution in [0.15, 0.2) is 11.4 Å². The highest BCUT2D eigenvalue weighted by Gasteiger charge is 2.41. The predicted octanol–water partition coefficient (Wildman–Crippen LogP) is 3.98. The maximum Gasteiger partial charge on any atom is 0.195 e. The van der Waals surface area contributed by atoms with Gasteiger partial charge in [-0.25, -0.2) is 0 Å². The summed E-state index contributed by atoms with van der Waals surface area (Å²) in [7, 11) is 0. The molecule has 1 fully saturated rings. The van der Waals surface area contributed by atoms with Gasteiger partial charge in [-0.15, -0.1) is 11.3 Å². The van der Waals surface area contributed by atoms with E-state index in [4.69, 9.17) is 4.74 Å². The van der Waals surface area contributed by atoms with E-state index in [9.17, 15) is 4.79 Å². The molecule has 1 saturated carbocycles. The Balaban J connectivity index is 2.27. The number of hydrogen-bond acceptors (Lipinski definition) is 3. The minimum atomic E-state index is -0.529. The van der Waals surface area contributed by atoms with E-state index in [0.717, 1.165) is 36.1 Å². The molecule has 1 aliphatic carbocycles. The van der Waals surface area contributed by atoms with Crippen LogP contribution in [0, 0.1) is 6.92 Å². The van der Waals surface area contributed by atoms with Gasteiger partial charge in [0, 0.05) is 17.0 Å². The van der Waals surface area contributed by atoms with Crippen LogP contribution in [-0.2, 0) is 4.74 Å². The monoisotopic (exact) mass is 252 g/mol. The lowest BCUT2D eigenvalue weighted by Gasteiger charge is -2.35. The van der Waals surface area contributed by atoms with E-state index in [2.05, 4.69) is 0 Å². The lowest BCUT2D eigenvalue weighted by atomic mass is 9.79. The number of carbonyl (C=O) groups excluding carboxylic acids is 1. The highest BCUT2D eigenvalue weighted by atomic mass is 32.1. The fourth-order valence-corrected chi connectivity index (χ4v) is 3.40. The summed E-state index contributed by atoms with van der Waals surface area (Å²) in [5.74, 6) is 0.206. The quantitative estimate of drug-likeness (QED) is 0.758. The molecular formula is C14H20O2S. The molecule has 0 aliphatic heterocycles. The molecule has 1 aromatic heterocycles. The molecule has 1 aromatic rings. The molecule has 1 aliphatic rings. The summed E-state index contributed by atoms with van der Waals surface area (Å²) >= 11 is 1.64. The SMILES string of the molecule is CCOC1(C(=O)c2ccsc2C)CCCCC1. The third-order valence-corrected chi connectivity index (χ3v) is 4.44. The van der Waals surface area contributed by atoms with Gasteiger partial charge in [0.25, 0.3) is 0 Å². The number of carbonyl (C=O) groups is 1. The standard InChI is InChI=1S/C14H20O2S/c1-3-16-14(8-5-4-6-9-14)13(15)12-7-10-17-11(12)2/h7,10H,3-6,8-9H2,1-2H3. The van der Waals surface area contributed by atoms with E-state index in [-0.39, 0.29) is 5.78 Å². The highest BCUT2D eigenvalue weighted by molar-refractivity contribution is 7.10. The summed E-state index contributed by atoms with van der Waals surface area (Å²) in [6.07, 6.45) is 5.21. The Hall–Kier alpha value is -0.670. The molecule has 0 atom stereocenters. The number of ether oxygens (including phenoxy) is 1. The van der Waals surface area contributed by atoms with Crippen molar-refractivity contribution in [1.82, 2.24) is 0 Å². The van der Waals surface area contributed by atoms with Crippen LogP contribution in [0.1, 0.15) is 54.3 Å². The van der Waals surface area contributed by atoms with Gasteiger partial charge in [-0.1, -0.05) is 19.3 Å². The molecule has 0 bridgehead atoms. The molecule has 0 N–H and O–H groups in total. The molecule has 0 saturated heterocycles. The number of Topliss-reactive ketones (excluding diaryl/α,β-unsaturated/α-hetero) is 1. The van der Waals surface area contributed by atoms with Gasteiger partial charge in [-0.05, 0) is 38.1 Å². The Bertz CT molecular complexity index is 383. The van der Waals surface area contributed by atoms with Crippen LogP contribution in [0.5, 0.6) is 0 Å². The van der Waals surface area contributed by atoms with E-state index in [1.54, 1.807) is 11.3 Å². The lowest BCUT2D eigenvalue weighted by Crippen LogP contribution is -2.43. The molecule has 3 heteroatoms. The van der Waals surface area contributed by atoms with Crippen molar-refractivity contribution in [2.45, 2.75) is 51.6 Å². The van der Waals surface area contributed by atoms with Gasteiger partial charge in [0.2, 0.25) is 0 Å². The molecule has 0 spiro atoms. The van der Waals surface area contributed by atoms with Crippen molar-refractivity contribution >= 4 is 17.1 Å². The summed E-state index contributed by atoms with van der Waals surface area (Å²) < 4.78 is 5.87. The lowest BCUT2D eigenvalue weighted by molar-refractivity contribution is -0.0411. The molecular weight excluding hydrogens is 232 g/mol. The summed E-state index contributed by atoms with van der Waals surface area (Å²) in [5, 5.41) is 1.99. The Morgan fingerprint density at radius 3 is 2.65 bits per heavy atom. The minimum absolute atomic E-state index is 0.206. The van der Waals surface area contributed by atoms with E-state index < -0.39 is 5.60 Å². The van der Waals surface area contributed by atoms with Crippen LogP contribution in [0.2, 0.25) is 0 Å². The van der Waals surface area contributed by atoms with Gasteiger partial charge in [-0.3, -0.25) is 4.79 Å². The molecule has 0 aromatic carbocycles. The number of ketones is 1. The molecule has 0 radical (unpaired) electrons. The zero-order chi connectivity index (χ0) is 12.3. The fraction of sp³-hybridized carbons (Fsp3) is 0.643. The number of rotatable bonds is 4. The van der Waals surface area contributed by atoms with E-state index >= 15 is 0 Å². The van der Waals surface area contributed by atoms with Gasteiger partial charge in [0.1, 0.15) is 5.60 Å². The van der Waals surface area contributed by atoms with E-state index in [0.29, 0.717) is 6.61 Å². The normalized spacial score (nSPS) is 19.2. The minimum Gasteiger partial charge on any atom is -0.367 e. The van der Waals surface area contributed by atoms with Crippen molar-refractivity contribution in [3.63, 3.8) is 0 Å². The third-order valence-electron chi connectivity index (χ3n) is 3.60. The number of aryl methyl sites for hydroxylation is 1. The molecule has 2 nitrogen and oxygen atoms in total. The van der Waals surface area contributed by atoms with E-state index in [1.165, 1.54) is 6.42 Å². The molecule has 2 rings (SSSR count). The Morgan fingerprint density at radius 1 is 1.41 bits per heavy atom. The first-order valence-corrected chi connectivity index (χ1v) is 7.30. The van der Waals surface area contributed by atoms with Gasteiger partial charge < -0.3 is 4.74 Å². The fourth-order valence-electron chi connectivity index (χ4n) is 2.70. The zero-order valence-corrected chi connectivity index (χ0v) is 11.4. The number of hydrogen-bond donors (Lipinski definition) is 0. The second kappa shape index (κ2) is 5.32. The Labute approximate surface area is 107 Å². The van der Waals surface area contributed by atoms with E-state index in [1.807, 2.05) is 25.3 Å². The maximum atomic E-state index is 12.7. The third kappa shape index (κ3) is 2.45. The molecule has 17 heavy (non-hydrogen) atoms.